The summed E-state index contributed by atoms with van der Waals surface area (Å²) in [5.74, 6) is 1.26. The summed E-state index contributed by atoms with van der Waals surface area (Å²) in [6.07, 6.45) is 0.254. The molecule has 2 amide bonds. The highest BCUT2D eigenvalue weighted by atomic mass is 32.2. The molecule has 0 aliphatic heterocycles. The molecule has 1 atom stereocenters. The van der Waals surface area contributed by atoms with Crippen LogP contribution in [-0.2, 0) is 23.1 Å². The van der Waals surface area contributed by atoms with E-state index in [9.17, 15) is 9.59 Å². The van der Waals surface area contributed by atoms with Crippen LogP contribution in [0.5, 0.6) is 5.75 Å². The summed E-state index contributed by atoms with van der Waals surface area (Å²) in [4.78, 5) is 28.7. The van der Waals surface area contributed by atoms with E-state index in [-0.39, 0.29) is 30.0 Å². The number of anilines is 1. The molecule has 1 aromatic carbocycles. The molecule has 0 unspecified atom stereocenters. The summed E-state index contributed by atoms with van der Waals surface area (Å²) in [7, 11) is 3.41. The Labute approximate surface area is 188 Å². The highest BCUT2D eigenvalue weighted by Gasteiger charge is 2.18. The normalized spacial score (nSPS) is 11.7. The number of thiazole rings is 1. The largest absolute Gasteiger partial charge is 0.497 e. The Morgan fingerprint density at radius 1 is 1.23 bits per heavy atom. The van der Waals surface area contributed by atoms with Gasteiger partial charge in [0.1, 0.15) is 5.75 Å². The van der Waals surface area contributed by atoms with Gasteiger partial charge in [0.05, 0.1) is 31.0 Å². The molecule has 3 rings (SSSR count). The fraction of sp³-hybridized carbons (Fsp3) is 0.350. The number of aromatic nitrogens is 4. The summed E-state index contributed by atoms with van der Waals surface area (Å²) >= 11 is 2.66. The predicted octanol–water partition coefficient (Wildman–Crippen LogP) is 2.74. The van der Waals surface area contributed by atoms with Crippen LogP contribution in [0.1, 0.15) is 30.0 Å². The Hall–Kier alpha value is -2.92. The summed E-state index contributed by atoms with van der Waals surface area (Å²) in [5.41, 5.74) is 1.76. The van der Waals surface area contributed by atoms with Crippen molar-refractivity contribution in [3.05, 3.63) is 46.7 Å². The molecule has 0 aliphatic rings. The van der Waals surface area contributed by atoms with E-state index in [2.05, 4.69) is 25.8 Å². The third-order valence-electron chi connectivity index (χ3n) is 4.35. The second kappa shape index (κ2) is 10.4. The maximum absolute atomic E-state index is 12.4. The molecule has 2 heterocycles. The first-order chi connectivity index (χ1) is 14.9. The Balaban J connectivity index is 1.51. The second-order valence-electron chi connectivity index (χ2n) is 6.84. The number of aryl methyl sites for hydroxylation is 1. The van der Waals surface area contributed by atoms with Gasteiger partial charge in [0, 0.05) is 12.4 Å². The van der Waals surface area contributed by atoms with E-state index in [1.54, 1.807) is 11.7 Å². The molecule has 0 bridgehead atoms. The zero-order valence-corrected chi connectivity index (χ0v) is 19.3. The van der Waals surface area contributed by atoms with Crippen LogP contribution in [0.2, 0.25) is 0 Å². The van der Waals surface area contributed by atoms with Gasteiger partial charge in [-0.3, -0.25) is 9.59 Å². The first-order valence-electron chi connectivity index (χ1n) is 9.52. The predicted molar refractivity (Wildman–Crippen MR) is 120 cm³/mol. The lowest BCUT2D eigenvalue weighted by Gasteiger charge is -2.13. The highest BCUT2D eigenvalue weighted by Crippen LogP contribution is 2.20. The second-order valence-corrected chi connectivity index (χ2v) is 8.65. The minimum absolute atomic E-state index is 0.118. The highest BCUT2D eigenvalue weighted by molar-refractivity contribution is 7.99. The van der Waals surface area contributed by atoms with Crippen LogP contribution < -0.4 is 15.4 Å². The maximum Gasteiger partial charge on any atom is 0.236 e. The van der Waals surface area contributed by atoms with Gasteiger partial charge in [0.25, 0.3) is 0 Å². The Bertz CT molecular complexity index is 1050. The molecule has 0 radical (unpaired) electrons. The average Bonchev–Trinajstić information content (AvgIpc) is 3.31. The molecule has 164 valence electrons. The van der Waals surface area contributed by atoms with Crippen molar-refractivity contribution >= 4 is 40.0 Å². The van der Waals surface area contributed by atoms with Gasteiger partial charge in [0.2, 0.25) is 11.8 Å². The maximum atomic E-state index is 12.4. The van der Waals surface area contributed by atoms with Gasteiger partial charge < -0.3 is 19.9 Å². The van der Waals surface area contributed by atoms with E-state index < -0.39 is 0 Å². The third kappa shape index (κ3) is 6.28. The SMILES string of the molecule is COc1ccc(CC(=O)N[C@H](C)c2nnc(SCC(=O)Nc3nc(C)cs3)n2C)cc1. The standard InChI is InChI=1S/C20H24N6O3S2/c1-12-10-30-19(21-12)23-17(28)11-31-20-25-24-18(26(20)3)13(2)22-16(27)9-14-5-7-15(29-4)8-6-14/h5-8,10,13H,9,11H2,1-4H3,(H,22,27)(H,21,23,28)/t13-/m1/s1. The summed E-state index contributed by atoms with van der Waals surface area (Å²) in [5, 5.41) is 17.1. The quantitative estimate of drug-likeness (QED) is 0.472. The van der Waals surface area contributed by atoms with E-state index >= 15 is 0 Å². The van der Waals surface area contributed by atoms with Gasteiger partial charge in [-0.1, -0.05) is 23.9 Å². The number of carbonyl (C=O) groups is 2. The average molecular weight is 461 g/mol. The van der Waals surface area contributed by atoms with Crippen molar-refractivity contribution < 1.29 is 14.3 Å². The molecular weight excluding hydrogens is 436 g/mol. The number of benzene rings is 1. The van der Waals surface area contributed by atoms with E-state index in [4.69, 9.17) is 4.74 Å². The molecule has 0 saturated carbocycles. The molecule has 0 aliphatic carbocycles. The van der Waals surface area contributed by atoms with Crippen LogP contribution in [0.4, 0.5) is 5.13 Å². The molecule has 2 aromatic heterocycles. The van der Waals surface area contributed by atoms with Crippen LogP contribution in [0.15, 0.2) is 34.8 Å². The third-order valence-corrected chi connectivity index (χ3v) is 6.25. The van der Waals surface area contributed by atoms with Crippen molar-refractivity contribution in [2.75, 3.05) is 18.2 Å². The number of ether oxygens (including phenoxy) is 1. The van der Waals surface area contributed by atoms with Crippen molar-refractivity contribution in [2.45, 2.75) is 31.5 Å². The van der Waals surface area contributed by atoms with Gasteiger partial charge in [0.15, 0.2) is 16.1 Å². The first kappa shape index (κ1) is 22.8. The van der Waals surface area contributed by atoms with E-state index in [0.29, 0.717) is 16.1 Å². The van der Waals surface area contributed by atoms with Gasteiger partial charge in [-0.05, 0) is 31.5 Å². The number of nitrogens with one attached hydrogen (secondary N) is 2. The van der Waals surface area contributed by atoms with Gasteiger partial charge in [-0.2, -0.15) is 0 Å². The minimum Gasteiger partial charge on any atom is -0.497 e. The van der Waals surface area contributed by atoms with E-state index in [0.717, 1.165) is 17.0 Å². The van der Waals surface area contributed by atoms with Crippen LogP contribution in [0.3, 0.4) is 0 Å². The number of carbonyl (C=O) groups excluding carboxylic acids is 2. The summed E-state index contributed by atoms with van der Waals surface area (Å²) < 4.78 is 6.91. The first-order valence-corrected chi connectivity index (χ1v) is 11.4. The number of methoxy groups -OCH3 is 1. The number of hydrogen-bond donors (Lipinski definition) is 2. The van der Waals surface area contributed by atoms with Gasteiger partial charge >= 0.3 is 0 Å². The monoisotopic (exact) mass is 460 g/mol. The van der Waals surface area contributed by atoms with E-state index in [1.165, 1.54) is 23.1 Å². The molecule has 3 aromatic rings. The molecule has 31 heavy (non-hydrogen) atoms. The minimum atomic E-state index is -0.329. The molecule has 0 spiro atoms. The molecule has 0 saturated heterocycles. The summed E-state index contributed by atoms with van der Waals surface area (Å²) in [6.45, 7) is 3.72. The molecule has 9 nitrogen and oxygen atoms in total. The molecule has 11 heteroatoms. The summed E-state index contributed by atoms with van der Waals surface area (Å²) in [6, 6.07) is 7.04. The number of amides is 2. The smallest absolute Gasteiger partial charge is 0.236 e. The van der Waals surface area contributed by atoms with Gasteiger partial charge in [-0.25, -0.2) is 4.98 Å². The Morgan fingerprint density at radius 2 is 1.97 bits per heavy atom. The number of thioether (sulfide) groups is 1. The molecule has 0 fully saturated rings. The number of nitrogens with zero attached hydrogens (tertiary/aromatic N) is 4. The van der Waals surface area contributed by atoms with Crippen LogP contribution in [-0.4, -0.2) is 44.4 Å². The zero-order chi connectivity index (χ0) is 22.4. The topological polar surface area (TPSA) is 111 Å². The van der Waals surface area contributed by atoms with Crippen molar-refractivity contribution in [3.8, 4) is 5.75 Å². The van der Waals surface area contributed by atoms with Crippen LogP contribution in [0.25, 0.3) is 0 Å². The van der Waals surface area contributed by atoms with Gasteiger partial charge in [-0.15, -0.1) is 21.5 Å². The lowest BCUT2D eigenvalue weighted by Crippen LogP contribution is -2.29. The van der Waals surface area contributed by atoms with Crippen LogP contribution in [0, 0.1) is 6.92 Å². The lowest BCUT2D eigenvalue weighted by molar-refractivity contribution is -0.121. The molecular formula is C20H24N6O3S2. The Kier molecular flexibility index (Phi) is 7.64. The number of rotatable bonds is 9. The fourth-order valence-electron chi connectivity index (χ4n) is 2.81. The van der Waals surface area contributed by atoms with E-state index in [1.807, 2.05) is 50.5 Å². The van der Waals surface area contributed by atoms with Crippen LogP contribution >= 0.6 is 23.1 Å². The van der Waals surface area contributed by atoms with Crippen molar-refractivity contribution in [1.29, 1.82) is 0 Å². The van der Waals surface area contributed by atoms with Crippen molar-refractivity contribution in [3.63, 3.8) is 0 Å². The Morgan fingerprint density at radius 3 is 2.61 bits per heavy atom. The van der Waals surface area contributed by atoms with Crippen molar-refractivity contribution in [1.82, 2.24) is 25.1 Å². The molecule has 2 N–H and O–H groups in total. The fourth-order valence-corrected chi connectivity index (χ4v) is 4.23. The lowest BCUT2D eigenvalue weighted by atomic mass is 10.1. The van der Waals surface area contributed by atoms with Crippen molar-refractivity contribution in [2.24, 2.45) is 7.05 Å². The zero-order valence-electron chi connectivity index (χ0n) is 17.7. The number of hydrogen-bond acceptors (Lipinski definition) is 8.